The van der Waals surface area contributed by atoms with Gasteiger partial charge in [0, 0.05) is 12.3 Å². The molecule has 0 fully saturated rings. The summed E-state index contributed by atoms with van der Waals surface area (Å²) in [5.41, 5.74) is 0. The maximum absolute atomic E-state index is 5.20. The Kier molecular flexibility index (Phi) is 5.69. The van der Waals surface area contributed by atoms with Gasteiger partial charge in [0.25, 0.3) is 0 Å². The Hall–Kier alpha value is -0.880. The fourth-order valence-electron chi connectivity index (χ4n) is 0.705. The van der Waals surface area contributed by atoms with Crippen LogP contribution in [0.2, 0.25) is 0 Å². The summed E-state index contributed by atoms with van der Waals surface area (Å²) in [6, 6.07) is 0. The van der Waals surface area contributed by atoms with Crippen molar-refractivity contribution < 1.29 is 0 Å². The highest BCUT2D eigenvalue weighted by molar-refractivity contribution is 4.96. The molecule has 0 amide bonds. The zero-order valence-corrected chi connectivity index (χ0v) is 6.78. The minimum absolute atomic E-state index is 0.415. The van der Waals surface area contributed by atoms with Crippen molar-refractivity contribution in [2.75, 3.05) is 0 Å². The first-order valence-corrected chi connectivity index (χ1v) is 3.67. The topological polar surface area (TPSA) is 0 Å². The molecular formula is C10H14. The van der Waals surface area contributed by atoms with Gasteiger partial charge in [-0.25, -0.2) is 0 Å². The lowest BCUT2D eigenvalue weighted by Crippen LogP contribution is -1.88. The first-order chi connectivity index (χ1) is 4.81. The van der Waals surface area contributed by atoms with Crippen molar-refractivity contribution in [3.8, 4) is 24.2 Å². The lowest BCUT2D eigenvalue weighted by molar-refractivity contribution is 0.634. The first-order valence-electron chi connectivity index (χ1n) is 3.67. The second-order valence-electron chi connectivity index (χ2n) is 2.39. The molecule has 0 aliphatic carbocycles. The SMILES string of the molecule is C#CC(C)CCCC#CC. The van der Waals surface area contributed by atoms with Crippen LogP contribution in [0.1, 0.15) is 33.1 Å². The Balaban J connectivity index is 3.19. The summed E-state index contributed by atoms with van der Waals surface area (Å²) in [6.45, 7) is 3.93. The van der Waals surface area contributed by atoms with Crippen molar-refractivity contribution in [3.63, 3.8) is 0 Å². The van der Waals surface area contributed by atoms with Gasteiger partial charge in [0.15, 0.2) is 0 Å². The summed E-state index contributed by atoms with van der Waals surface area (Å²) in [7, 11) is 0. The van der Waals surface area contributed by atoms with Crippen molar-refractivity contribution in [2.45, 2.75) is 33.1 Å². The largest absolute Gasteiger partial charge is 0.120 e. The quantitative estimate of drug-likeness (QED) is 0.411. The molecule has 10 heavy (non-hydrogen) atoms. The third-order valence-corrected chi connectivity index (χ3v) is 1.40. The van der Waals surface area contributed by atoms with Gasteiger partial charge in [-0.1, -0.05) is 6.92 Å². The van der Waals surface area contributed by atoms with Crippen LogP contribution in [0.4, 0.5) is 0 Å². The fraction of sp³-hybridized carbons (Fsp3) is 0.600. The maximum atomic E-state index is 5.20. The molecular weight excluding hydrogens is 120 g/mol. The molecule has 0 saturated carbocycles. The van der Waals surface area contributed by atoms with E-state index in [1.165, 1.54) is 0 Å². The standard InChI is InChI=1S/C10H14/c1-4-6-7-8-9-10(3)5-2/h2,10H,7-9H2,1,3H3. The minimum atomic E-state index is 0.415. The molecule has 0 heterocycles. The molecule has 0 rings (SSSR count). The Morgan fingerprint density at radius 2 is 2.20 bits per heavy atom. The number of unbranched alkanes of at least 4 members (excludes halogenated alkanes) is 1. The van der Waals surface area contributed by atoms with E-state index < -0.39 is 0 Å². The Bertz CT molecular complexity index is 161. The van der Waals surface area contributed by atoms with Crippen LogP contribution in [0.5, 0.6) is 0 Å². The average Bonchev–Trinajstić information content (AvgIpc) is 1.98. The van der Waals surface area contributed by atoms with Crippen molar-refractivity contribution in [3.05, 3.63) is 0 Å². The molecule has 0 nitrogen and oxygen atoms in total. The second kappa shape index (κ2) is 6.24. The first kappa shape index (κ1) is 9.12. The van der Waals surface area contributed by atoms with Crippen LogP contribution in [0.25, 0.3) is 0 Å². The smallest absolute Gasteiger partial charge is 0.0172 e. The molecule has 1 atom stereocenters. The Morgan fingerprint density at radius 3 is 2.70 bits per heavy atom. The van der Waals surface area contributed by atoms with Crippen LogP contribution in [-0.4, -0.2) is 0 Å². The molecule has 0 saturated heterocycles. The van der Waals surface area contributed by atoms with Crippen molar-refractivity contribution in [2.24, 2.45) is 5.92 Å². The van der Waals surface area contributed by atoms with Crippen molar-refractivity contribution >= 4 is 0 Å². The zero-order chi connectivity index (χ0) is 7.82. The van der Waals surface area contributed by atoms with E-state index in [0.717, 1.165) is 19.3 Å². The number of terminal acetylenes is 1. The molecule has 0 heteroatoms. The van der Waals surface area contributed by atoms with E-state index in [2.05, 4.69) is 24.7 Å². The van der Waals surface area contributed by atoms with Crippen LogP contribution in [0.15, 0.2) is 0 Å². The molecule has 1 unspecified atom stereocenters. The summed E-state index contributed by atoms with van der Waals surface area (Å²) < 4.78 is 0. The summed E-state index contributed by atoms with van der Waals surface area (Å²) in [5, 5.41) is 0. The van der Waals surface area contributed by atoms with Gasteiger partial charge in [-0.3, -0.25) is 0 Å². The minimum Gasteiger partial charge on any atom is -0.120 e. The van der Waals surface area contributed by atoms with Crippen LogP contribution in [0.3, 0.4) is 0 Å². The zero-order valence-electron chi connectivity index (χ0n) is 6.78. The van der Waals surface area contributed by atoms with E-state index in [0.29, 0.717) is 5.92 Å². The molecule has 0 aliphatic rings. The highest BCUT2D eigenvalue weighted by Crippen LogP contribution is 2.04. The summed E-state index contributed by atoms with van der Waals surface area (Å²) >= 11 is 0. The van der Waals surface area contributed by atoms with Gasteiger partial charge in [-0.05, 0) is 19.8 Å². The van der Waals surface area contributed by atoms with Crippen molar-refractivity contribution in [1.29, 1.82) is 0 Å². The molecule has 54 valence electrons. The monoisotopic (exact) mass is 134 g/mol. The van der Waals surface area contributed by atoms with Gasteiger partial charge in [0.1, 0.15) is 0 Å². The Morgan fingerprint density at radius 1 is 1.50 bits per heavy atom. The fourth-order valence-corrected chi connectivity index (χ4v) is 0.705. The predicted molar refractivity (Wildman–Crippen MR) is 45.3 cm³/mol. The Labute approximate surface area is 64.0 Å². The summed E-state index contributed by atoms with van der Waals surface area (Å²) in [4.78, 5) is 0. The van der Waals surface area contributed by atoms with E-state index in [1.54, 1.807) is 0 Å². The lowest BCUT2D eigenvalue weighted by Gasteiger charge is -1.98. The summed E-state index contributed by atoms with van der Waals surface area (Å²) in [6.07, 6.45) is 8.42. The van der Waals surface area contributed by atoms with E-state index >= 15 is 0 Å². The summed E-state index contributed by atoms with van der Waals surface area (Å²) in [5.74, 6) is 8.98. The van der Waals surface area contributed by atoms with Gasteiger partial charge in [0.2, 0.25) is 0 Å². The molecule has 0 aromatic heterocycles. The van der Waals surface area contributed by atoms with E-state index in [9.17, 15) is 0 Å². The molecule has 0 N–H and O–H groups in total. The third-order valence-electron chi connectivity index (χ3n) is 1.40. The van der Waals surface area contributed by atoms with Crippen LogP contribution < -0.4 is 0 Å². The van der Waals surface area contributed by atoms with Gasteiger partial charge in [-0.15, -0.1) is 24.2 Å². The molecule has 0 aromatic carbocycles. The van der Waals surface area contributed by atoms with Gasteiger partial charge < -0.3 is 0 Å². The molecule has 0 bridgehead atoms. The number of hydrogen-bond donors (Lipinski definition) is 0. The average molecular weight is 134 g/mol. The molecule has 0 aliphatic heterocycles. The van der Waals surface area contributed by atoms with Gasteiger partial charge in [0.05, 0.1) is 0 Å². The molecule has 0 aromatic rings. The normalized spacial score (nSPS) is 10.9. The van der Waals surface area contributed by atoms with E-state index in [-0.39, 0.29) is 0 Å². The van der Waals surface area contributed by atoms with E-state index in [4.69, 9.17) is 6.42 Å². The van der Waals surface area contributed by atoms with Crippen LogP contribution in [0, 0.1) is 30.1 Å². The van der Waals surface area contributed by atoms with Gasteiger partial charge >= 0.3 is 0 Å². The maximum Gasteiger partial charge on any atom is 0.0172 e. The van der Waals surface area contributed by atoms with Crippen LogP contribution >= 0.6 is 0 Å². The lowest BCUT2D eigenvalue weighted by atomic mass is 10.1. The molecule has 0 radical (unpaired) electrons. The van der Waals surface area contributed by atoms with Crippen molar-refractivity contribution in [1.82, 2.24) is 0 Å². The number of rotatable bonds is 3. The highest BCUT2D eigenvalue weighted by atomic mass is 14.0. The van der Waals surface area contributed by atoms with Crippen LogP contribution in [-0.2, 0) is 0 Å². The highest BCUT2D eigenvalue weighted by Gasteiger charge is 1.93. The third kappa shape index (κ3) is 5.26. The van der Waals surface area contributed by atoms with E-state index in [1.807, 2.05) is 6.92 Å². The molecule has 0 spiro atoms. The van der Waals surface area contributed by atoms with Gasteiger partial charge in [-0.2, -0.15) is 0 Å². The number of hydrogen-bond acceptors (Lipinski definition) is 0. The second-order valence-corrected chi connectivity index (χ2v) is 2.39. The predicted octanol–water partition coefficient (Wildman–Crippen LogP) is 2.45.